The van der Waals surface area contributed by atoms with E-state index >= 15 is 0 Å². The molecule has 2 rings (SSSR count). The van der Waals surface area contributed by atoms with E-state index in [0.29, 0.717) is 10.7 Å². The molecule has 0 spiro atoms. The largest absolute Gasteiger partial charge is 0.464 e. The molecule has 0 fully saturated rings. The van der Waals surface area contributed by atoms with E-state index in [2.05, 4.69) is 0 Å². The van der Waals surface area contributed by atoms with E-state index in [1.165, 1.54) is 7.11 Å². The molecule has 1 aromatic rings. The Balaban J connectivity index is 2.26. The molecule has 1 aromatic carbocycles. The van der Waals surface area contributed by atoms with E-state index in [4.69, 9.17) is 16.3 Å². The summed E-state index contributed by atoms with van der Waals surface area (Å²) < 4.78 is 4.74. The van der Waals surface area contributed by atoms with Gasteiger partial charge in [-0.3, -0.25) is 0 Å². The standard InChI is InChI=1S/C12H12ClNO2/c1-8-7-14(11(8)12(15)16-2)10-5-3-9(13)4-6-10/h3-6H,7H2,1-2H3. The molecule has 1 heterocycles. The molecule has 0 aromatic heterocycles. The first-order chi connectivity index (χ1) is 7.63. The van der Waals surface area contributed by atoms with Crippen LogP contribution in [0.15, 0.2) is 35.5 Å². The lowest BCUT2D eigenvalue weighted by Gasteiger charge is -2.35. The number of anilines is 1. The summed E-state index contributed by atoms with van der Waals surface area (Å²) in [5, 5.41) is 0.685. The highest BCUT2D eigenvalue weighted by atomic mass is 35.5. The van der Waals surface area contributed by atoms with Gasteiger partial charge in [-0.25, -0.2) is 4.79 Å². The van der Waals surface area contributed by atoms with Gasteiger partial charge in [-0.2, -0.15) is 0 Å². The van der Waals surface area contributed by atoms with Gasteiger partial charge in [0.15, 0.2) is 0 Å². The number of rotatable bonds is 2. The third kappa shape index (κ3) is 1.78. The fourth-order valence-electron chi connectivity index (χ4n) is 1.75. The third-order valence-electron chi connectivity index (χ3n) is 2.59. The second-order valence-electron chi connectivity index (χ2n) is 3.68. The van der Waals surface area contributed by atoms with Gasteiger partial charge in [0.1, 0.15) is 5.70 Å². The fourth-order valence-corrected chi connectivity index (χ4v) is 1.88. The first kappa shape index (κ1) is 11.0. The summed E-state index contributed by atoms with van der Waals surface area (Å²) in [6, 6.07) is 7.38. The van der Waals surface area contributed by atoms with E-state index in [1.807, 2.05) is 24.0 Å². The smallest absolute Gasteiger partial charge is 0.354 e. The normalized spacial score (nSPS) is 14.8. The Morgan fingerprint density at radius 3 is 2.50 bits per heavy atom. The highest BCUT2D eigenvalue weighted by molar-refractivity contribution is 6.30. The molecule has 0 saturated heterocycles. The zero-order valence-electron chi connectivity index (χ0n) is 9.16. The van der Waals surface area contributed by atoms with Gasteiger partial charge in [0.2, 0.25) is 0 Å². The predicted octanol–water partition coefficient (Wildman–Crippen LogP) is 2.61. The molecule has 1 aliphatic rings. The second kappa shape index (κ2) is 4.18. The summed E-state index contributed by atoms with van der Waals surface area (Å²) in [5.41, 5.74) is 2.63. The minimum absolute atomic E-state index is 0.293. The summed E-state index contributed by atoms with van der Waals surface area (Å²) in [7, 11) is 1.39. The topological polar surface area (TPSA) is 29.5 Å². The van der Waals surface area contributed by atoms with Gasteiger partial charge < -0.3 is 9.64 Å². The molecule has 0 aliphatic carbocycles. The van der Waals surface area contributed by atoms with Crippen molar-refractivity contribution in [3.63, 3.8) is 0 Å². The summed E-state index contributed by atoms with van der Waals surface area (Å²) >= 11 is 5.81. The predicted molar refractivity (Wildman–Crippen MR) is 63.5 cm³/mol. The Bertz CT molecular complexity index is 451. The molecule has 0 unspecified atom stereocenters. The lowest BCUT2D eigenvalue weighted by atomic mass is 10.0. The van der Waals surface area contributed by atoms with Gasteiger partial charge in [-0.05, 0) is 36.8 Å². The number of carbonyl (C=O) groups excluding carboxylic acids is 1. The van der Waals surface area contributed by atoms with Crippen LogP contribution < -0.4 is 4.90 Å². The van der Waals surface area contributed by atoms with E-state index in [-0.39, 0.29) is 5.97 Å². The molecule has 4 heteroatoms. The summed E-state index contributed by atoms with van der Waals surface area (Å²) in [5.74, 6) is -0.293. The average molecular weight is 238 g/mol. The van der Waals surface area contributed by atoms with Gasteiger partial charge in [0.25, 0.3) is 0 Å². The number of carbonyl (C=O) groups is 1. The molecule has 0 bridgehead atoms. The zero-order chi connectivity index (χ0) is 11.7. The molecule has 3 nitrogen and oxygen atoms in total. The average Bonchev–Trinajstić information content (AvgIpc) is 2.27. The minimum atomic E-state index is -0.293. The number of methoxy groups -OCH3 is 1. The molecule has 16 heavy (non-hydrogen) atoms. The van der Waals surface area contributed by atoms with Gasteiger partial charge >= 0.3 is 5.97 Å². The van der Waals surface area contributed by atoms with Crippen molar-refractivity contribution in [2.24, 2.45) is 0 Å². The number of hydrogen-bond acceptors (Lipinski definition) is 3. The van der Waals surface area contributed by atoms with E-state index in [0.717, 1.165) is 17.8 Å². The van der Waals surface area contributed by atoms with Crippen LogP contribution in [0, 0.1) is 0 Å². The molecule has 0 radical (unpaired) electrons. The lowest BCUT2D eigenvalue weighted by Crippen LogP contribution is -2.39. The van der Waals surface area contributed by atoms with Crippen LogP contribution in [0.4, 0.5) is 5.69 Å². The van der Waals surface area contributed by atoms with Crippen LogP contribution >= 0.6 is 11.6 Å². The van der Waals surface area contributed by atoms with Crippen molar-refractivity contribution in [2.75, 3.05) is 18.6 Å². The van der Waals surface area contributed by atoms with Gasteiger partial charge in [0, 0.05) is 17.3 Å². The van der Waals surface area contributed by atoms with Crippen LogP contribution in [0.2, 0.25) is 5.02 Å². The fraction of sp³-hybridized carbons (Fsp3) is 0.250. The zero-order valence-corrected chi connectivity index (χ0v) is 9.91. The third-order valence-corrected chi connectivity index (χ3v) is 2.84. The van der Waals surface area contributed by atoms with Crippen molar-refractivity contribution in [3.05, 3.63) is 40.6 Å². The Hall–Kier alpha value is -1.48. The lowest BCUT2D eigenvalue weighted by molar-refractivity contribution is -0.136. The molecule has 0 atom stereocenters. The number of benzene rings is 1. The van der Waals surface area contributed by atoms with Crippen LogP contribution in [-0.4, -0.2) is 19.6 Å². The Labute approximate surface area is 99.3 Å². The first-order valence-corrected chi connectivity index (χ1v) is 5.32. The van der Waals surface area contributed by atoms with E-state index < -0.39 is 0 Å². The van der Waals surface area contributed by atoms with Crippen LogP contribution in [0.25, 0.3) is 0 Å². The number of ether oxygens (including phenoxy) is 1. The Kier molecular flexibility index (Phi) is 2.88. The maximum atomic E-state index is 11.5. The molecule has 84 valence electrons. The maximum Gasteiger partial charge on any atom is 0.354 e. The Morgan fingerprint density at radius 2 is 2.00 bits per heavy atom. The van der Waals surface area contributed by atoms with Gasteiger partial charge in [0.05, 0.1) is 7.11 Å². The van der Waals surface area contributed by atoms with E-state index in [9.17, 15) is 4.79 Å². The van der Waals surface area contributed by atoms with Gasteiger partial charge in [-0.1, -0.05) is 11.6 Å². The molecule has 0 amide bonds. The number of nitrogens with zero attached hydrogens (tertiary/aromatic N) is 1. The molecule has 0 N–H and O–H groups in total. The Morgan fingerprint density at radius 1 is 1.38 bits per heavy atom. The monoisotopic (exact) mass is 237 g/mol. The quantitative estimate of drug-likeness (QED) is 0.741. The molecular weight excluding hydrogens is 226 g/mol. The highest BCUT2D eigenvalue weighted by Gasteiger charge is 2.30. The second-order valence-corrected chi connectivity index (χ2v) is 4.12. The minimum Gasteiger partial charge on any atom is -0.464 e. The molecular formula is C12H12ClNO2. The van der Waals surface area contributed by atoms with Gasteiger partial charge in [-0.15, -0.1) is 0 Å². The van der Waals surface area contributed by atoms with Crippen molar-refractivity contribution in [1.29, 1.82) is 0 Å². The number of halogens is 1. The van der Waals surface area contributed by atoms with Crippen LogP contribution in [0.5, 0.6) is 0 Å². The highest BCUT2D eigenvalue weighted by Crippen LogP contribution is 2.31. The summed E-state index contributed by atoms with van der Waals surface area (Å²) in [4.78, 5) is 13.4. The number of esters is 1. The SMILES string of the molecule is COC(=O)C1=C(C)CN1c1ccc(Cl)cc1. The summed E-state index contributed by atoms with van der Waals surface area (Å²) in [6.07, 6.45) is 0. The van der Waals surface area contributed by atoms with Crippen molar-refractivity contribution in [2.45, 2.75) is 6.92 Å². The first-order valence-electron chi connectivity index (χ1n) is 4.94. The van der Waals surface area contributed by atoms with E-state index in [1.54, 1.807) is 12.1 Å². The van der Waals surface area contributed by atoms with Crippen molar-refractivity contribution in [3.8, 4) is 0 Å². The maximum absolute atomic E-state index is 11.5. The molecule has 0 saturated carbocycles. The van der Waals surface area contributed by atoms with Crippen molar-refractivity contribution < 1.29 is 9.53 Å². The van der Waals surface area contributed by atoms with Crippen molar-refractivity contribution >= 4 is 23.3 Å². The van der Waals surface area contributed by atoms with Crippen LogP contribution in [0.1, 0.15) is 6.92 Å². The summed E-state index contributed by atoms with van der Waals surface area (Å²) in [6.45, 7) is 2.69. The van der Waals surface area contributed by atoms with Crippen LogP contribution in [-0.2, 0) is 9.53 Å². The molecule has 1 aliphatic heterocycles. The number of hydrogen-bond donors (Lipinski definition) is 0. The van der Waals surface area contributed by atoms with Crippen LogP contribution in [0.3, 0.4) is 0 Å². The van der Waals surface area contributed by atoms with Crippen molar-refractivity contribution in [1.82, 2.24) is 0 Å².